The van der Waals surface area contributed by atoms with E-state index in [2.05, 4.69) is 37.6 Å². The topological polar surface area (TPSA) is 79.6 Å². The van der Waals surface area contributed by atoms with Crippen LogP contribution in [-0.2, 0) is 11.2 Å². The summed E-state index contributed by atoms with van der Waals surface area (Å²) in [6.07, 6.45) is 4.19. The van der Waals surface area contributed by atoms with Crippen molar-refractivity contribution in [3.05, 3.63) is 59.7 Å². The zero-order valence-electron chi connectivity index (χ0n) is 12.6. The predicted octanol–water partition coefficient (Wildman–Crippen LogP) is 2.01. The van der Waals surface area contributed by atoms with E-state index in [1.165, 1.54) is 17.3 Å². The van der Waals surface area contributed by atoms with E-state index >= 15 is 0 Å². The van der Waals surface area contributed by atoms with Crippen molar-refractivity contribution in [3.63, 3.8) is 0 Å². The molecule has 3 rings (SSSR count). The van der Waals surface area contributed by atoms with Crippen LogP contribution in [-0.4, -0.2) is 32.5 Å². The van der Waals surface area contributed by atoms with Crippen LogP contribution >= 0.6 is 11.8 Å². The van der Waals surface area contributed by atoms with Gasteiger partial charge in [-0.15, -0.1) is 5.10 Å². The Morgan fingerprint density at radius 1 is 1.26 bits per heavy atom. The van der Waals surface area contributed by atoms with E-state index in [1.54, 1.807) is 12.4 Å². The molecule has 1 N–H and O–H groups in total. The molecule has 0 bridgehead atoms. The van der Waals surface area contributed by atoms with E-state index in [0.29, 0.717) is 22.3 Å². The third-order valence-electron chi connectivity index (χ3n) is 3.18. The number of carbonyl (C=O) groups excluding carboxylic acids is 1. The number of amides is 1. The molecule has 1 aromatic heterocycles. The fourth-order valence-electron chi connectivity index (χ4n) is 1.99. The Bertz CT molecular complexity index is 756. The third kappa shape index (κ3) is 4.23. The Morgan fingerprint density at radius 3 is 2.74 bits per heavy atom. The molecular formula is C16H15N5OS. The van der Waals surface area contributed by atoms with E-state index in [1.807, 2.05) is 25.1 Å². The highest BCUT2D eigenvalue weighted by molar-refractivity contribution is 8.15. The van der Waals surface area contributed by atoms with Gasteiger partial charge in [0.05, 0.1) is 23.4 Å². The van der Waals surface area contributed by atoms with Crippen molar-refractivity contribution < 1.29 is 4.79 Å². The first-order chi connectivity index (χ1) is 11.2. The van der Waals surface area contributed by atoms with E-state index in [0.717, 1.165) is 12.1 Å². The number of thioether (sulfide) groups is 1. The summed E-state index contributed by atoms with van der Waals surface area (Å²) in [5.74, 6) is 0.341. The molecule has 7 heteroatoms. The van der Waals surface area contributed by atoms with Gasteiger partial charge < -0.3 is 5.32 Å². The molecule has 0 unspecified atom stereocenters. The van der Waals surface area contributed by atoms with E-state index in [4.69, 9.17) is 0 Å². The number of aromatic nitrogens is 2. The Hall–Kier alpha value is -2.54. The van der Waals surface area contributed by atoms with Gasteiger partial charge in [-0.05, 0) is 12.5 Å². The second kappa shape index (κ2) is 7.15. The lowest BCUT2D eigenvalue weighted by Gasteiger charge is -2.02. The molecule has 1 aromatic carbocycles. The van der Waals surface area contributed by atoms with Crippen LogP contribution < -0.4 is 5.32 Å². The Kier molecular flexibility index (Phi) is 4.77. The van der Waals surface area contributed by atoms with Gasteiger partial charge in [0.1, 0.15) is 5.69 Å². The molecule has 6 nitrogen and oxygen atoms in total. The fourth-order valence-corrected chi connectivity index (χ4v) is 2.61. The van der Waals surface area contributed by atoms with Crippen molar-refractivity contribution >= 4 is 28.5 Å². The van der Waals surface area contributed by atoms with Gasteiger partial charge in [0, 0.05) is 12.6 Å². The van der Waals surface area contributed by atoms with Crippen molar-refractivity contribution in [1.29, 1.82) is 0 Å². The maximum atomic E-state index is 11.1. The summed E-state index contributed by atoms with van der Waals surface area (Å²) in [5.41, 5.74) is 3.41. The van der Waals surface area contributed by atoms with Gasteiger partial charge >= 0.3 is 0 Å². The summed E-state index contributed by atoms with van der Waals surface area (Å²) in [6, 6.07) is 10.1. The van der Waals surface area contributed by atoms with Gasteiger partial charge in [-0.3, -0.25) is 14.8 Å². The molecule has 23 heavy (non-hydrogen) atoms. The van der Waals surface area contributed by atoms with Crippen LogP contribution in [0.3, 0.4) is 0 Å². The lowest BCUT2D eigenvalue weighted by atomic mass is 10.1. The highest BCUT2D eigenvalue weighted by Crippen LogP contribution is 2.10. The molecule has 2 aromatic rings. The Morgan fingerprint density at radius 2 is 2.09 bits per heavy atom. The molecule has 2 heterocycles. The lowest BCUT2D eigenvalue weighted by Crippen LogP contribution is -2.19. The highest BCUT2D eigenvalue weighted by Gasteiger charge is 2.16. The second-order valence-electron chi connectivity index (χ2n) is 4.98. The molecular weight excluding hydrogens is 310 g/mol. The molecule has 0 atom stereocenters. The maximum absolute atomic E-state index is 11.1. The summed E-state index contributed by atoms with van der Waals surface area (Å²) < 4.78 is 0. The summed E-state index contributed by atoms with van der Waals surface area (Å²) in [4.78, 5) is 19.9. The molecule has 1 saturated heterocycles. The molecule has 0 aliphatic carbocycles. The minimum Gasteiger partial charge on any atom is -0.303 e. The summed E-state index contributed by atoms with van der Waals surface area (Å²) in [5, 5.41) is 11.2. The average Bonchev–Trinajstić information content (AvgIpc) is 3.00. The zero-order valence-corrected chi connectivity index (χ0v) is 13.4. The molecule has 1 aliphatic heterocycles. The van der Waals surface area contributed by atoms with Gasteiger partial charge in [0.15, 0.2) is 5.17 Å². The standard InChI is InChI=1S/C16H15N5OS/c1-11(20-21-16-19-15(22)10-23-16)14-9-17-13(8-18-14)7-12-5-3-2-4-6-12/h2-6,8-9H,7,10H2,1H3,(H,19,21,22)/b20-11+. The van der Waals surface area contributed by atoms with Crippen LogP contribution in [0.2, 0.25) is 0 Å². The molecule has 0 radical (unpaired) electrons. The number of hydrogen-bond acceptors (Lipinski definition) is 6. The minimum atomic E-state index is -0.0494. The third-order valence-corrected chi connectivity index (χ3v) is 4.04. The summed E-state index contributed by atoms with van der Waals surface area (Å²) >= 11 is 1.34. The molecule has 116 valence electrons. The van der Waals surface area contributed by atoms with Gasteiger partial charge in [-0.1, -0.05) is 42.1 Å². The Labute approximate surface area is 138 Å². The molecule has 0 saturated carbocycles. The summed E-state index contributed by atoms with van der Waals surface area (Å²) in [7, 11) is 0. The first-order valence-corrected chi connectivity index (χ1v) is 8.09. The smallest absolute Gasteiger partial charge is 0.236 e. The highest BCUT2D eigenvalue weighted by atomic mass is 32.2. The van der Waals surface area contributed by atoms with Crippen molar-refractivity contribution in [1.82, 2.24) is 15.3 Å². The second-order valence-corrected chi connectivity index (χ2v) is 5.95. The van der Waals surface area contributed by atoms with Crippen molar-refractivity contribution in [2.75, 3.05) is 5.75 Å². The van der Waals surface area contributed by atoms with Crippen LogP contribution in [0, 0.1) is 0 Å². The van der Waals surface area contributed by atoms with Gasteiger partial charge in [-0.2, -0.15) is 5.10 Å². The largest absolute Gasteiger partial charge is 0.303 e. The van der Waals surface area contributed by atoms with E-state index < -0.39 is 0 Å². The van der Waals surface area contributed by atoms with E-state index in [-0.39, 0.29) is 5.91 Å². The predicted molar refractivity (Wildman–Crippen MR) is 91.5 cm³/mol. The SMILES string of the molecule is C/C(=N\N=C1\NC(=O)CS1)c1cnc(Cc2ccccc2)cn1. The first kappa shape index (κ1) is 15.4. The number of nitrogens with zero attached hydrogens (tertiary/aromatic N) is 4. The normalized spacial score (nSPS) is 16.7. The van der Waals surface area contributed by atoms with Crippen LogP contribution in [0.1, 0.15) is 23.9 Å². The quantitative estimate of drug-likeness (QED) is 0.689. The number of rotatable bonds is 4. The van der Waals surface area contributed by atoms with Crippen molar-refractivity contribution in [2.24, 2.45) is 10.2 Å². The van der Waals surface area contributed by atoms with Gasteiger partial charge in [0.25, 0.3) is 0 Å². The van der Waals surface area contributed by atoms with E-state index in [9.17, 15) is 4.79 Å². The van der Waals surface area contributed by atoms with Crippen molar-refractivity contribution in [3.8, 4) is 0 Å². The van der Waals surface area contributed by atoms with Gasteiger partial charge in [0.2, 0.25) is 5.91 Å². The molecule has 0 spiro atoms. The Balaban J connectivity index is 1.68. The maximum Gasteiger partial charge on any atom is 0.236 e. The number of hydrogen-bond donors (Lipinski definition) is 1. The average molecular weight is 325 g/mol. The first-order valence-electron chi connectivity index (χ1n) is 7.11. The van der Waals surface area contributed by atoms with Gasteiger partial charge in [-0.25, -0.2) is 0 Å². The molecule has 1 fully saturated rings. The zero-order chi connectivity index (χ0) is 16.1. The molecule has 1 aliphatic rings. The van der Waals surface area contributed by atoms with Crippen LogP contribution in [0.25, 0.3) is 0 Å². The number of nitrogens with one attached hydrogen (secondary N) is 1. The number of carbonyl (C=O) groups is 1. The van der Waals surface area contributed by atoms with Crippen LogP contribution in [0.4, 0.5) is 0 Å². The van der Waals surface area contributed by atoms with Crippen LogP contribution in [0.5, 0.6) is 0 Å². The lowest BCUT2D eigenvalue weighted by molar-refractivity contribution is -0.116. The van der Waals surface area contributed by atoms with Crippen LogP contribution in [0.15, 0.2) is 52.9 Å². The minimum absolute atomic E-state index is 0.0494. The fraction of sp³-hybridized carbons (Fsp3) is 0.188. The molecule has 1 amide bonds. The number of benzene rings is 1. The van der Waals surface area contributed by atoms with Crippen molar-refractivity contribution in [2.45, 2.75) is 13.3 Å². The summed E-state index contributed by atoms with van der Waals surface area (Å²) in [6.45, 7) is 1.81. The number of amidine groups is 1. The monoisotopic (exact) mass is 325 g/mol.